The molecule has 0 spiro atoms. The number of benzene rings is 2. The van der Waals surface area contributed by atoms with Crippen LogP contribution in [-0.2, 0) is 6.42 Å². The first-order chi connectivity index (χ1) is 11.2. The van der Waals surface area contributed by atoms with Crippen LogP contribution < -0.4 is 14.8 Å². The van der Waals surface area contributed by atoms with E-state index in [0.29, 0.717) is 16.3 Å². The van der Waals surface area contributed by atoms with E-state index in [1.54, 1.807) is 30.3 Å². The summed E-state index contributed by atoms with van der Waals surface area (Å²) in [6.07, 6.45) is 2.50. The molecule has 0 aliphatic carbocycles. The fourth-order valence-corrected chi connectivity index (χ4v) is 3.04. The summed E-state index contributed by atoms with van der Waals surface area (Å²) < 4.78 is 10.9. The lowest BCUT2D eigenvalue weighted by Gasteiger charge is -2.21. The lowest BCUT2D eigenvalue weighted by atomic mass is 9.96. The zero-order valence-corrected chi connectivity index (χ0v) is 13.0. The predicted molar refractivity (Wildman–Crippen MR) is 88.0 cm³/mol. The third-order valence-electron chi connectivity index (χ3n) is 3.98. The Balaban J connectivity index is 1.72. The molecule has 23 heavy (non-hydrogen) atoms. The van der Waals surface area contributed by atoms with E-state index >= 15 is 0 Å². The minimum atomic E-state index is -0.0829. The number of halogens is 1. The van der Waals surface area contributed by atoms with Gasteiger partial charge in [0.2, 0.25) is 6.79 Å². The smallest absolute Gasteiger partial charge is 0.231 e. The Morgan fingerprint density at radius 3 is 2.83 bits per heavy atom. The van der Waals surface area contributed by atoms with Crippen LogP contribution in [0.2, 0.25) is 5.02 Å². The monoisotopic (exact) mass is 327 g/mol. The lowest BCUT2D eigenvalue weighted by Crippen LogP contribution is -2.23. The topological polar surface area (TPSA) is 47.6 Å². The maximum atomic E-state index is 12.5. The Kier molecular flexibility index (Phi) is 3.46. The first kappa shape index (κ1) is 14.2. The molecule has 2 aromatic carbocycles. The van der Waals surface area contributed by atoms with E-state index in [4.69, 9.17) is 21.1 Å². The Morgan fingerprint density at radius 2 is 2.00 bits per heavy atom. The van der Waals surface area contributed by atoms with E-state index in [-0.39, 0.29) is 12.6 Å². The molecular formula is C18H14ClNO3. The fraction of sp³-hybridized carbons (Fsp3) is 0.167. The molecule has 0 bridgehead atoms. The third-order valence-corrected chi connectivity index (χ3v) is 4.22. The molecular weight excluding hydrogens is 314 g/mol. The number of carbonyl (C=O) groups excluding carboxylic acids is 1. The van der Waals surface area contributed by atoms with Crippen LogP contribution in [0.3, 0.4) is 0 Å². The number of nitrogens with one attached hydrogen (secondary N) is 1. The molecule has 116 valence electrons. The molecule has 0 amide bonds. The summed E-state index contributed by atoms with van der Waals surface area (Å²) in [6, 6.07) is 10.9. The highest BCUT2D eigenvalue weighted by atomic mass is 35.5. The molecule has 2 aliphatic heterocycles. The first-order valence-corrected chi connectivity index (χ1v) is 7.77. The van der Waals surface area contributed by atoms with Crippen molar-refractivity contribution >= 4 is 23.1 Å². The van der Waals surface area contributed by atoms with Crippen molar-refractivity contribution in [2.24, 2.45) is 0 Å². The maximum Gasteiger partial charge on any atom is 0.231 e. The van der Waals surface area contributed by atoms with E-state index in [2.05, 4.69) is 5.32 Å². The van der Waals surface area contributed by atoms with Gasteiger partial charge in [0.25, 0.3) is 0 Å². The van der Waals surface area contributed by atoms with Crippen LogP contribution >= 0.6 is 11.6 Å². The van der Waals surface area contributed by atoms with E-state index < -0.39 is 0 Å². The van der Waals surface area contributed by atoms with E-state index in [1.807, 2.05) is 12.1 Å². The van der Waals surface area contributed by atoms with Crippen molar-refractivity contribution in [1.29, 1.82) is 0 Å². The number of rotatable bonds is 2. The van der Waals surface area contributed by atoms with Gasteiger partial charge in [-0.15, -0.1) is 0 Å². The third kappa shape index (κ3) is 2.66. The van der Waals surface area contributed by atoms with Gasteiger partial charge in [0.05, 0.1) is 0 Å². The number of fused-ring (bicyclic) bond motifs is 2. The summed E-state index contributed by atoms with van der Waals surface area (Å²) >= 11 is 5.96. The van der Waals surface area contributed by atoms with Crippen LogP contribution in [0.4, 0.5) is 0 Å². The molecule has 0 saturated carbocycles. The Morgan fingerprint density at radius 1 is 1.17 bits per heavy atom. The number of ether oxygens (including phenoxy) is 2. The van der Waals surface area contributed by atoms with Crippen molar-refractivity contribution in [1.82, 2.24) is 5.32 Å². The van der Waals surface area contributed by atoms with Crippen LogP contribution in [0.25, 0.3) is 5.70 Å². The Labute approximate surface area is 138 Å². The molecule has 0 aromatic heterocycles. The summed E-state index contributed by atoms with van der Waals surface area (Å²) in [5, 5.41) is 3.84. The average molecular weight is 328 g/mol. The standard InChI is InChI=1S/C18H14ClNO3/c19-13-3-1-2-12(6-13)16(21)9-15-14-8-18-17(22-10-23-18)7-11(14)4-5-20-15/h1-3,6-9,20H,4-5,10H2/b15-9-. The molecule has 2 heterocycles. The number of ketones is 1. The molecule has 0 fully saturated rings. The Bertz CT molecular complexity index is 829. The normalized spacial score (nSPS) is 16.8. The van der Waals surface area contributed by atoms with Crippen molar-refractivity contribution in [2.75, 3.05) is 13.3 Å². The van der Waals surface area contributed by atoms with Crippen LogP contribution in [0.1, 0.15) is 21.5 Å². The van der Waals surface area contributed by atoms with Crippen molar-refractivity contribution in [3.8, 4) is 11.5 Å². The summed E-state index contributed by atoms with van der Waals surface area (Å²) in [5.74, 6) is 1.40. The average Bonchev–Trinajstić information content (AvgIpc) is 3.00. The number of hydrogen-bond acceptors (Lipinski definition) is 4. The van der Waals surface area contributed by atoms with E-state index in [0.717, 1.165) is 35.5 Å². The summed E-state index contributed by atoms with van der Waals surface area (Å²) in [6.45, 7) is 1.02. The molecule has 4 rings (SSSR count). The van der Waals surface area contributed by atoms with Gasteiger partial charge in [-0.3, -0.25) is 4.79 Å². The maximum absolute atomic E-state index is 12.5. The van der Waals surface area contributed by atoms with Gasteiger partial charge in [-0.05, 0) is 36.2 Å². The second-order valence-electron chi connectivity index (χ2n) is 5.47. The SMILES string of the molecule is O=C(/C=C1\NCCc2cc3c(cc21)OCO3)c1cccc(Cl)c1. The quantitative estimate of drug-likeness (QED) is 0.678. The molecule has 0 unspecified atom stereocenters. The summed E-state index contributed by atoms with van der Waals surface area (Å²) in [5.41, 5.74) is 3.50. The zero-order valence-electron chi connectivity index (χ0n) is 12.3. The molecule has 4 nitrogen and oxygen atoms in total. The van der Waals surface area contributed by atoms with Crippen LogP contribution in [0.5, 0.6) is 11.5 Å². The second-order valence-corrected chi connectivity index (χ2v) is 5.91. The highest BCUT2D eigenvalue weighted by Gasteiger charge is 2.22. The first-order valence-electron chi connectivity index (χ1n) is 7.39. The van der Waals surface area contributed by atoms with Crippen molar-refractivity contribution < 1.29 is 14.3 Å². The molecule has 0 atom stereocenters. The fourth-order valence-electron chi connectivity index (χ4n) is 2.85. The van der Waals surface area contributed by atoms with Gasteiger partial charge in [0.1, 0.15) is 0 Å². The molecule has 5 heteroatoms. The zero-order chi connectivity index (χ0) is 15.8. The highest BCUT2D eigenvalue weighted by Crippen LogP contribution is 2.38. The van der Waals surface area contributed by atoms with Gasteiger partial charge in [0.15, 0.2) is 17.3 Å². The van der Waals surface area contributed by atoms with E-state index in [9.17, 15) is 4.79 Å². The van der Waals surface area contributed by atoms with E-state index in [1.165, 1.54) is 0 Å². The minimum Gasteiger partial charge on any atom is -0.454 e. The van der Waals surface area contributed by atoms with Crippen molar-refractivity contribution in [2.45, 2.75) is 6.42 Å². The predicted octanol–water partition coefficient (Wildman–Crippen LogP) is 3.44. The van der Waals surface area contributed by atoms with Crippen LogP contribution in [-0.4, -0.2) is 19.1 Å². The molecule has 2 aliphatic rings. The molecule has 1 N–H and O–H groups in total. The van der Waals surface area contributed by atoms with Gasteiger partial charge in [-0.2, -0.15) is 0 Å². The summed E-state index contributed by atoms with van der Waals surface area (Å²) in [7, 11) is 0. The lowest BCUT2D eigenvalue weighted by molar-refractivity contribution is 0.104. The van der Waals surface area contributed by atoms with Gasteiger partial charge >= 0.3 is 0 Å². The highest BCUT2D eigenvalue weighted by molar-refractivity contribution is 6.31. The van der Waals surface area contributed by atoms with Crippen molar-refractivity contribution in [3.05, 3.63) is 64.2 Å². The minimum absolute atomic E-state index is 0.0829. The van der Waals surface area contributed by atoms with Crippen molar-refractivity contribution in [3.63, 3.8) is 0 Å². The number of allylic oxidation sites excluding steroid dienone is 1. The van der Waals surface area contributed by atoms with Crippen LogP contribution in [0.15, 0.2) is 42.5 Å². The van der Waals surface area contributed by atoms with Gasteiger partial charge < -0.3 is 14.8 Å². The molecule has 2 aromatic rings. The second kappa shape index (κ2) is 5.63. The van der Waals surface area contributed by atoms with Gasteiger partial charge in [-0.1, -0.05) is 23.7 Å². The number of carbonyl (C=O) groups is 1. The molecule has 0 radical (unpaired) electrons. The number of hydrogen-bond donors (Lipinski definition) is 1. The largest absolute Gasteiger partial charge is 0.454 e. The Hall–Kier alpha value is -2.46. The molecule has 0 saturated heterocycles. The van der Waals surface area contributed by atoms with Gasteiger partial charge in [-0.25, -0.2) is 0 Å². The van der Waals surface area contributed by atoms with Gasteiger partial charge in [0, 0.05) is 34.5 Å². The van der Waals surface area contributed by atoms with Crippen LogP contribution in [0, 0.1) is 0 Å². The summed E-state index contributed by atoms with van der Waals surface area (Å²) in [4.78, 5) is 12.5.